The third kappa shape index (κ3) is 3.66. The lowest BCUT2D eigenvalue weighted by Crippen LogP contribution is -2.13. The van der Waals surface area contributed by atoms with Gasteiger partial charge in [0.25, 0.3) is 5.89 Å². The maximum Gasteiger partial charge on any atom is 0.275 e. The zero-order chi connectivity index (χ0) is 17.9. The number of nitrogens with one attached hydrogen (secondary N) is 1. The van der Waals surface area contributed by atoms with Gasteiger partial charge < -0.3 is 4.52 Å². The first-order chi connectivity index (χ1) is 11.4. The standard InChI is InChI=1S/C17H18BrN3O.C2H6/c1-10(2)8-14(19)15-20-16(21-22-15)17(6-7-17)13-9-12(18)5-4-11(13)3;1-2/h4-5,8-9,19H,6-7H2,1-3H3;1-2H3. The Morgan fingerprint density at radius 2 is 1.96 bits per heavy atom. The highest BCUT2D eigenvalue weighted by Crippen LogP contribution is 2.53. The number of aromatic nitrogens is 2. The SMILES string of the molecule is CC.CC(C)=CC(=N)c1nc(C2(c3cc(Br)ccc3C)CC2)no1. The second-order valence-corrected chi connectivity index (χ2v) is 7.02. The van der Waals surface area contributed by atoms with Crippen molar-refractivity contribution in [2.45, 2.75) is 52.9 Å². The molecule has 1 aliphatic carbocycles. The minimum Gasteiger partial charge on any atom is -0.332 e. The number of hydrogen-bond donors (Lipinski definition) is 1. The van der Waals surface area contributed by atoms with E-state index in [1.165, 1.54) is 11.1 Å². The maximum atomic E-state index is 8.00. The minimum absolute atomic E-state index is 0.152. The quantitative estimate of drug-likeness (QED) is 0.693. The van der Waals surface area contributed by atoms with E-state index in [2.05, 4.69) is 45.1 Å². The molecular weight excluding hydrogens is 366 g/mol. The van der Waals surface area contributed by atoms with Crippen molar-refractivity contribution in [1.29, 1.82) is 5.41 Å². The zero-order valence-corrected chi connectivity index (χ0v) is 16.5. The molecular formula is C19H24BrN3O. The molecule has 24 heavy (non-hydrogen) atoms. The van der Waals surface area contributed by atoms with Gasteiger partial charge in [0.1, 0.15) is 5.71 Å². The van der Waals surface area contributed by atoms with Gasteiger partial charge in [0, 0.05) is 4.47 Å². The predicted octanol–water partition coefficient (Wildman–Crippen LogP) is 5.58. The smallest absolute Gasteiger partial charge is 0.275 e. The fraction of sp³-hybridized carbons (Fsp3) is 0.421. The predicted molar refractivity (Wildman–Crippen MR) is 101 cm³/mol. The molecule has 1 aromatic heterocycles. The molecule has 0 bridgehead atoms. The van der Waals surface area contributed by atoms with Gasteiger partial charge in [0.2, 0.25) is 0 Å². The van der Waals surface area contributed by atoms with Crippen LogP contribution in [0.1, 0.15) is 63.4 Å². The number of benzene rings is 1. The molecule has 1 fully saturated rings. The molecule has 0 spiro atoms. The Kier molecular flexibility index (Phi) is 5.75. The first kappa shape index (κ1) is 18.6. The lowest BCUT2D eigenvalue weighted by molar-refractivity contribution is 0.400. The molecule has 0 radical (unpaired) electrons. The van der Waals surface area contributed by atoms with Crippen molar-refractivity contribution in [2.75, 3.05) is 0 Å². The topological polar surface area (TPSA) is 62.8 Å². The first-order valence-corrected chi connectivity index (χ1v) is 9.06. The van der Waals surface area contributed by atoms with Crippen LogP contribution in [0.15, 0.2) is 38.8 Å². The van der Waals surface area contributed by atoms with Crippen molar-refractivity contribution in [2.24, 2.45) is 0 Å². The van der Waals surface area contributed by atoms with Gasteiger partial charge in [-0.05, 0) is 62.9 Å². The molecule has 0 saturated heterocycles. The van der Waals surface area contributed by atoms with Gasteiger partial charge in [-0.1, -0.05) is 46.6 Å². The molecule has 5 heteroatoms. The van der Waals surface area contributed by atoms with Gasteiger partial charge in [-0.2, -0.15) is 4.98 Å². The number of aryl methyl sites for hydroxylation is 1. The molecule has 3 rings (SSSR count). The molecule has 1 heterocycles. The van der Waals surface area contributed by atoms with Crippen molar-refractivity contribution in [3.05, 3.63) is 57.2 Å². The van der Waals surface area contributed by atoms with E-state index in [9.17, 15) is 0 Å². The maximum absolute atomic E-state index is 8.00. The van der Waals surface area contributed by atoms with Gasteiger partial charge >= 0.3 is 0 Å². The minimum atomic E-state index is -0.152. The highest BCUT2D eigenvalue weighted by atomic mass is 79.9. The van der Waals surface area contributed by atoms with E-state index in [1.807, 2.05) is 33.8 Å². The fourth-order valence-corrected chi connectivity index (χ4v) is 3.09. The normalized spacial score (nSPS) is 14.4. The van der Waals surface area contributed by atoms with Crippen LogP contribution in [0.3, 0.4) is 0 Å². The summed E-state index contributed by atoms with van der Waals surface area (Å²) >= 11 is 3.54. The molecule has 1 N–H and O–H groups in total. The zero-order valence-electron chi connectivity index (χ0n) is 14.9. The molecule has 1 aromatic carbocycles. The summed E-state index contributed by atoms with van der Waals surface area (Å²) in [6, 6.07) is 6.28. The van der Waals surface area contributed by atoms with E-state index < -0.39 is 0 Å². The van der Waals surface area contributed by atoms with E-state index in [4.69, 9.17) is 9.93 Å². The van der Waals surface area contributed by atoms with Crippen LogP contribution in [-0.2, 0) is 5.41 Å². The number of nitrogens with zero attached hydrogens (tertiary/aromatic N) is 2. The first-order valence-electron chi connectivity index (χ1n) is 8.27. The Morgan fingerprint density at radius 3 is 2.54 bits per heavy atom. The molecule has 1 aliphatic rings. The Balaban J connectivity index is 0.00000100. The van der Waals surface area contributed by atoms with Crippen LogP contribution in [0.2, 0.25) is 0 Å². The molecule has 0 amide bonds. The van der Waals surface area contributed by atoms with E-state index >= 15 is 0 Å². The van der Waals surface area contributed by atoms with Crippen molar-refractivity contribution in [3.8, 4) is 0 Å². The summed E-state index contributed by atoms with van der Waals surface area (Å²) in [4.78, 5) is 4.48. The molecule has 0 unspecified atom stereocenters. The fourth-order valence-electron chi connectivity index (χ4n) is 2.73. The number of allylic oxidation sites excluding steroid dienone is 2. The van der Waals surface area contributed by atoms with E-state index in [0.29, 0.717) is 5.82 Å². The highest BCUT2D eigenvalue weighted by molar-refractivity contribution is 9.10. The summed E-state index contributed by atoms with van der Waals surface area (Å²) in [5, 5.41) is 12.2. The number of halogens is 1. The summed E-state index contributed by atoms with van der Waals surface area (Å²) in [5.41, 5.74) is 3.62. The second kappa shape index (κ2) is 7.43. The molecule has 0 atom stereocenters. The van der Waals surface area contributed by atoms with Crippen molar-refractivity contribution < 1.29 is 4.52 Å². The molecule has 2 aromatic rings. The largest absolute Gasteiger partial charge is 0.332 e. The van der Waals surface area contributed by atoms with Crippen molar-refractivity contribution in [3.63, 3.8) is 0 Å². The monoisotopic (exact) mass is 389 g/mol. The summed E-state index contributed by atoms with van der Waals surface area (Å²) in [6.45, 7) is 9.99. The van der Waals surface area contributed by atoms with Gasteiger partial charge in [0.15, 0.2) is 5.82 Å². The second-order valence-electron chi connectivity index (χ2n) is 6.10. The molecule has 1 saturated carbocycles. The lowest BCUT2D eigenvalue weighted by atomic mass is 9.91. The van der Waals surface area contributed by atoms with Crippen molar-refractivity contribution in [1.82, 2.24) is 10.1 Å². The Bertz CT molecular complexity index is 769. The summed E-state index contributed by atoms with van der Waals surface area (Å²) in [6.07, 6.45) is 3.76. The van der Waals surface area contributed by atoms with E-state index in [1.54, 1.807) is 6.08 Å². The van der Waals surface area contributed by atoms with Crippen LogP contribution < -0.4 is 0 Å². The molecule has 4 nitrogen and oxygen atoms in total. The third-order valence-electron chi connectivity index (χ3n) is 3.98. The van der Waals surface area contributed by atoms with E-state index in [0.717, 1.165) is 22.9 Å². The van der Waals surface area contributed by atoms with Crippen molar-refractivity contribution >= 4 is 21.6 Å². The van der Waals surface area contributed by atoms with Gasteiger partial charge in [0.05, 0.1) is 5.41 Å². The van der Waals surface area contributed by atoms with Crippen LogP contribution in [0.25, 0.3) is 0 Å². The Labute approximate surface area is 152 Å². The summed E-state index contributed by atoms with van der Waals surface area (Å²) in [5.74, 6) is 0.978. The average molecular weight is 390 g/mol. The molecule has 128 valence electrons. The Morgan fingerprint density at radius 1 is 1.29 bits per heavy atom. The number of rotatable bonds is 4. The van der Waals surface area contributed by atoms with Crippen LogP contribution in [-0.4, -0.2) is 15.9 Å². The summed E-state index contributed by atoms with van der Waals surface area (Å²) < 4.78 is 6.36. The third-order valence-corrected chi connectivity index (χ3v) is 4.48. The molecule has 0 aliphatic heterocycles. The number of hydrogen-bond acceptors (Lipinski definition) is 4. The highest BCUT2D eigenvalue weighted by Gasteiger charge is 2.50. The Hall–Kier alpha value is -1.75. The van der Waals surface area contributed by atoms with Gasteiger partial charge in [-0.15, -0.1) is 0 Å². The van der Waals surface area contributed by atoms with Crippen LogP contribution >= 0.6 is 15.9 Å². The van der Waals surface area contributed by atoms with Gasteiger partial charge in [-0.3, -0.25) is 5.41 Å². The van der Waals surface area contributed by atoms with Crippen LogP contribution in [0.5, 0.6) is 0 Å². The average Bonchev–Trinajstić information content (AvgIpc) is 3.19. The lowest BCUT2D eigenvalue weighted by Gasteiger charge is -2.14. The summed E-state index contributed by atoms with van der Waals surface area (Å²) in [7, 11) is 0. The van der Waals surface area contributed by atoms with Crippen LogP contribution in [0.4, 0.5) is 0 Å². The van der Waals surface area contributed by atoms with Crippen LogP contribution in [0, 0.1) is 12.3 Å². The van der Waals surface area contributed by atoms with E-state index in [-0.39, 0.29) is 17.0 Å². The van der Waals surface area contributed by atoms with Gasteiger partial charge in [-0.25, -0.2) is 0 Å².